The predicted molar refractivity (Wildman–Crippen MR) is 87.7 cm³/mol. The van der Waals surface area contributed by atoms with Crippen molar-refractivity contribution in [2.24, 2.45) is 0 Å². The highest BCUT2D eigenvalue weighted by Crippen LogP contribution is 2.46. The van der Waals surface area contributed by atoms with Crippen LogP contribution in [0.4, 0.5) is 4.79 Å². The summed E-state index contributed by atoms with van der Waals surface area (Å²) in [5, 5.41) is 0. The molecular formula is C16H22ClNO3S. The smallest absolute Gasteiger partial charge is 0.410 e. The zero-order chi connectivity index (χ0) is 16.0. The molecule has 0 N–H and O–H groups in total. The second-order valence-corrected chi connectivity index (χ2v) is 8.65. The van der Waals surface area contributed by atoms with Crippen LogP contribution in [0.3, 0.4) is 0 Å². The minimum absolute atomic E-state index is 0.234. The molecule has 0 radical (unpaired) electrons. The second-order valence-electron chi connectivity index (χ2n) is 6.97. The maximum Gasteiger partial charge on any atom is 0.410 e. The molecule has 0 atom stereocenters. The number of hydrogen-bond donors (Lipinski definition) is 0. The van der Waals surface area contributed by atoms with Crippen LogP contribution in [0.5, 0.6) is 0 Å². The van der Waals surface area contributed by atoms with Crippen LogP contribution < -0.4 is 0 Å². The van der Waals surface area contributed by atoms with Gasteiger partial charge in [-0.05, 0) is 51.7 Å². The van der Waals surface area contributed by atoms with Gasteiger partial charge in [-0.25, -0.2) is 4.79 Å². The van der Waals surface area contributed by atoms with E-state index in [0.29, 0.717) is 13.1 Å². The summed E-state index contributed by atoms with van der Waals surface area (Å²) in [5.41, 5.74) is 0.596. The highest BCUT2D eigenvalue weighted by atomic mass is 35.5. The first-order valence-electron chi connectivity index (χ1n) is 7.70. The summed E-state index contributed by atoms with van der Waals surface area (Å²) in [7, 11) is 0. The topological polar surface area (TPSA) is 38.8 Å². The number of hydrogen-bond acceptors (Lipinski definition) is 4. The summed E-state index contributed by atoms with van der Waals surface area (Å²) in [6.07, 6.45) is 2.30. The molecule has 1 saturated heterocycles. The van der Waals surface area contributed by atoms with E-state index in [1.165, 1.54) is 10.4 Å². The first-order chi connectivity index (χ1) is 10.3. The fourth-order valence-corrected chi connectivity index (χ4v) is 4.64. The van der Waals surface area contributed by atoms with E-state index in [-0.39, 0.29) is 11.7 Å². The van der Waals surface area contributed by atoms with Crippen molar-refractivity contribution in [2.45, 2.75) is 51.2 Å². The highest BCUT2D eigenvalue weighted by molar-refractivity contribution is 7.16. The third kappa shape index (κ3) is 3.12. The van der Waals surface area contributed by atoms with Gasteiger partial charge < -0.3 is 14.4 Å². The maximum atomic E-state index is 12.2. The molecule has 1 aromatic rings. The fraction of sp³-hybridized carbons (Fsp3) is 0.688. The van der Waals surface area contributed by atoms with Crippen LogP contribution in [-0.4, -0.2) is 36.3 Å². The number of piperidine rings is 1. The summed E-state index contributed by atoms with van der Waals surface area (Å²) in [4.78, 5) is 15.2. The molecule has 1 amide bonds. The molecule has 1 fully saturated rings. The number of carbonyl (C=O) groups is 1. The van der Waals surface area contributed by atoms with Crippen LogP contribution >= 0.6 is 22.9 Å². The molecule has 4 nitrogen and oxygen atoms in total. The standard InChI is InChI=1S/C16H22ClNO3S/c1-15(2,3)21-14(19)18-7-5-16(6-8-18)13-11(4-9-20-16)10-12(17)22-13/h10H,4-9H2,1-3H3. The normalized spacial score (nSPS) is 20.8. The lowest BCUT2D eigenvalue weighted by atomic mass is 9.85. The molecule has 0 saturated carbocycles. The van der Waals surface area contributed by atoms with Gasteiger partial charge >= 0.3 is 6.09 Å². The van der Waals surface area contributed by atoms with Crippen LogP contribution in [0.1, 0.15) is 44.1 Å². The van der Waals surface area contributed by atoms with E-state index in [1.807, 2.05) is 20.8 Å². The van der Waals surface area contributed by atoms with Crippen molar-refractivity contribution in [1.29, 1.82) is 0 Å². The van der Waals surface area contributed by atoms with Gasteiger partial charge in [-0.2, -0.15) is 0 Å². The Labute approximate surface area is 140 Å². The van der Waals surface area contributed by atoms with Gasteiger partial charge in [0, 0.05) is 18.0 Å². The predicted octanol–water partition coefficient (Wildman–Crippen LogP) is 4.20. The first-order valence-corrected chi connectivity index (χ1v) is 8.89. The van der Waals surface area contributed by atoms with Gasteiger partial charge in [0.05, 0.1) is 10.9 Å². The average molecular weight is 344 g/mol. The Kier molecular flexibility index (Phi) is 4.16. The van der Waals surface area contributed by atoms with Crippen LogP contribution in [0.25, 0.3) is 0 Å². The van der Waals surface area contributed by atoms with E-state index in [4.69, 9.17) is 21.1 Å². The molecule has 0 bridgehead atoms. The molecule has 122 valence electrons. The summed E-state index contributed by atoms with van der Waals surface area (Å²) in [6.45, 7) is 7.71. The van der Waals surface area contributed by atoms with Crippen molar-refractivity contribution in [3.05, 3.63) is 20.8 Å². The van der Waals surface area contributed by atoms with Gasteiger partial charge in [-0.15, -0.1) is 11.3 Å². The quantitative estimate of drug-likeness (QED) is 0.708. The fourth-order valence-electron chi connectivity index (χ4n) is 3.14. The van der Waals surface area contributed by atoms with Gasteiger partial charge in [0.15, 0.2) is 0 Å². The molecule has 2 aliphatic rings. The Balaban J connectivity index is 1.71. The number of nitrogens with zero attached hydrogens (tertiary/aromatic N) is 1. The van der Waals surface area contributed by atoms with Crippen LogP contribution in [0.15, 0.2) is 6.07 Å². The summed E-state index contributed by atoms with van der Waals surface area (Å²) in [5.74, 6) is 0. The Morgan fingerprint density at radius 2 is 2.09 bits per heavy atom. The number of amides is 1. The van der Waals surface area contributed by atoms with Gasteiger partial charge in [0.1, 0.15) is 11.2 Å². The zero-order valence-electron chi connectivity index (χ0n) is 13.3. The SMILES string of the molecule is CC(C)(C)OC(=O)N1CCC2(CC1)OCCc1cc(Cl)sc12. The van der Waals surface area contributed by atoms with Gasteiger partial charge in [0.25, 0.3) is 0 Å². The van der Waals surface area contributed by atoms with Crippen molar-refractivity contribution in [1.82, 2.24) is 4.90 Å². The minimum atomic E-state index is -0.456. The van der Waals surface area contributed by atoms with E-state index in [9.17, 15) is 4.79 Å². The molecule has 0 aromatic carbocycles. The van der Waals surface area contributed by atoms with Gasteiger partial charge in [-0.1, -0.05) is 11.6 Å². The number of carbonyl (C=O) groups excluding carboxylic acids is 1. The summed E-state index contributed by atoms with van der Waals surface area (Å²) >= 11 is 7.80. The van der Waals surface area contributed by atoms with Crippen molar-refractivity contribution < 1.29 is 14.3 Å². The minimum Gasteiger partial charge on any atom is -0.444 e. The number of ether oxygens (including phenoxy) is 2. The van der Waals surface area contributed by atoms with E-state index in [2.05, 4.69) is 6.07 Å². The number of thiophene rings is 1. The molecule has 3 rings (SSSR count). The van der Waals surface area contributed by atoms with Crippen molar-refractivity contribution in [3.63, 3.8) is 0 Å². The second kappa shape index (κ2) is 5.69. The monoisotopic (exact) mass is 343 g/mol. The first kappa shape index (κ1) is 16.1. The largest absolute Gasteiger partial charge is 0.444 e. The Bertz CT molecular complexity index is 570. The average Bonchev–Trinajstić information content (AvgIpc) is 2.80. The number of likely N-dealkylation sites (tertiary alicyclic amines) is 1. The molecule has 1 aromatic heterocycles. The summed E-state index contributed by atoms with van der Waals surface area (Å²) < 4.78 is 12.4. The van der Waals surface area contributed by atoms with Crippen LogP contribution in [-0.2, 0) is 21.5 Å². The number of fused-ring (bicyclic) bond motifs is 2. The summed E-state index contributed by atoms with van der Waals surface area (Å²) in [6, 6.07) is 2.06. The van der Waals surface area contributed by atoms with E-state index in [1.54, 1.807) is 16.2 Å². The molecule has 22 heavy (non-hydrogen) atoms. The lowest BCUT2D eigenvalue weighted by Gasteiger charge is -2.43. The number of halogens is 1. The van der Waals surface area contributed by atoms with E-state index < -0.39 is 5.60 Å². The lowest BCUT2D eigenvalue weighted by Crippen LogP contribution is -2.49. The molecule has 0 unspecified atom stereocenters. The van der Waals surface area contributed by atoms with Crippen molar-refractivity contribution in [2.75, 3.05) is 19.7 Å². The number of rotatable bonds is 0. The van der Waals surface area contributed by atoms with E-state index >= 15 is 0 Å². The van der Waals surface area contributed by atoms with Crippen LogP contribution in [0.2, 0.25) is 4.34 Å². The molecule has 6 heteroatoms. The van der Waals surface area contributed by atoms with Crippen molar-refractivity contribution >= 4 is 29.0 Å². The Morgan fingerprint density at radius 3 is 2.73 bits per heavy atom. The molecule has 0 aliphatic carbocycles. The lowest BCUT2D eigenvalue weighted by molar-refractivity contribution is -0.0950. The van der Waals surface area contributed by atoms with Crippen LogP contribution in [0, 0.1) is 0 Å². The molecule has 2 aliphatic heterocycles. The molecule has 1 spiro atoms. The van der Waals surface area contributed by atoms with E-state index in [0.717, 1.165) is 30.2 Å². The molecule has 3 heterocycles. The Hall–Kier alpha value is -0.780. The highest BCUT2D eigenvalue weighted by Gasteiger charge is 2.43. The third-order valence-corrected chi connectivity index (χ3v) is 5.66. The van der Waals surface area contributed by atoms with Crippen molar-refractivity contribution in [3.8, 4) is 0 Å². The maximum absolute atomic E-state index is 12.2. The van der Waals surface area contributed by atoms with Gasteiger partial charge in [0.2, 0.25) is 0 Å². The molecular weight excluding hydrogens is 322 g/mol. The Morgan fingerprint density at radius 1 is 1.41 bits per heavy atom. The third-order valence-electron chi connectivity index (χ3n) is 4.17. The zero-order valence-corrected chi connectivity index (χ0v) is 14.9. The van der Waals surface area contributed by atoms with Gasteiger partial charge in [-0.3, -0.25) is 0 Å².